The van der Waals surface area contributed by atoms with Gasteiger partial charge in [-0.05, 0) is 51.6 Å². The molecule has 1 aliphatic rings. The number of aliphatic hydroxyl groups excluding tert-OH is 1. The average Bonchev–Trinajstić information content (AvgIpc) is 2.58. The van der Waals surface area contributed by atoms with Crippen LogP contribution in [0.1, 0.15) is 49.8 Å². The van der Waals surface area contributed by atoms with Gasteiger partial charge in [-0.3, -0.25) is 0 Å². The summed E-state index contributed by atoms with van der Waals surface area (Å²) in [5, 5.41) is 12.9. The van der Waals surface area contributed by atoms with Crippen LogP contribution in [0.4, 0.5) is 0 Å². The topological polar surface area (TPSA) is 41.5 Å². The maximum Gasteiger partial charge on any atom is 0.126 e. The van der Waals surface area contributed by atoms with E-state index in [9.17, 15) is 5.11 Å². The summed E-state index contributed by atoms with van der Waals surface area (Å²) < 4.78 is 5.87. The molecule has 0 amide bonds. The molecule has 0 spiro atoms. The number of aryl methyl sites for hydroxylation is 1. The van der Waals surface area contributed by atoms with Crippen molar-refractivity contribution in [3.05, 3.63) is 29.3 Å². The Labute approximate surface area is 116 Å². The van der Waals surface area contributed by atoms with Crippen LogP contribution in [0.3, 0.4) is 0 Å². The van der Waals surface area contributed by atoms with Crippen LogP contribution >= 0.6 is 0 Å². The van der Waals surface area contributed by atoms with E-state index in [-0.39, 0.29) is 6.10 Å². The maximum absolute atomic E-state index is 9.28. The van der Waals surface area contributed by atoms with Crippen LogP contribution in [0.2, 0.25) is 0 Å². The Kier molecular flexibility index (Phi) is 5.23. The van der Waals surface area contributed by atoms with Gasteiger partial charge in [0.1, 0.15) is 5.75 Å². The minimum atomic E-state index is -0.200. The molecule has 19 heavy (non-hydrogen) atoms. The molecule has 0 saturated carbocycles. The first-order valence-electron chi connectivity index (χ1n) is 7.32. The number of nitrogens with one attached hydrogen (secondary N) is 1. The molecule has 0 aromatic heterocycles. The lowest BCUT2D eigenvalue weighted by Gasteiger charge is -2.19. The van der Waals surface area contributed by atoms with E-state index >= 15 is 0 Å². The average molecular weight is 263 g/mol. The zero-order valence-electron chi connectivity index (χ0n) is 12.0. The van der Waals surface area contributed by atoms with Crippen molar-refractivity contribution in [3.63, 3.8) is 0 Å². The molecule has 106 valence electrons. The summed E-state index contributed by atoms with van der Waals surface area (Å²) in [6, 6.07) is 6.76. The summed E-state index contributed by atoms with van der Waals surface area (Å²) in [4.78, 5) is 0. The van der Waals surface area contributed by atoms with Crippen molar-refractivity contribution in [2.75, 3.05) is 13.2 Å². The second-order valence-electron chi connectivity index (χ2n) is 5.48. The van der Waals surface area contributed by atoms with Gasteiger partial charge in [0.2, 0.25) is 0 Å². The normalized spacial score (nSPS) is 20.3. The number of benzene rings is 1. The minimum absolute atomic E-state index is 0.200. The number of hydrogen-bond donors (Lipinski definition) is 2. The number of para-hydroxylation sites is 1. The Morgan fingerprint density at radius 3 is 3.11 bits per heavy atom. The van der Waals surface area contributed by atoms with Crippen LogP contribution in [0.5, 0.6) is 5.75 Å². The van der Waals surface area contributed by atoms with Crippen molar-refractivity contribution in [1.82, 2.24) is 5.32 Å². The van der Waals surface area contributed by atoms with E-state index in [2.05, 4.69) is 30.4 Å². The minimum Gasteiger partial charge on any atom is -0.493 e. The first kappa shape index (κ1) is 14.4. The molecule has 0 radical (unpaired) electrons. The Balaban J connectivity index is 1.99. The molecule has 1 aromatic carbocycles. The molecule has 1 heterocycles. The summed E-state index contributed by atoms with van der Waals surface area (Å²) in [7, 11) is 0. The fourth-order valence-electron chi connectivity index (χ4n) is 2.65. The summed E-state index contributed by atoms with van der Waals surface area (Å²) in [6.45, 7) is 5.71. The summed E-state index contributed by atoms with van der Waals surface area (Å²) in [5.74, 6) is 1.06. The highest BCUT2D eigenvalue weighted by Crippen LogP contribution is 2.33. The van der Waals surface area contributed by atoms with Gasteiger partial charge in [-0.1, -0.05) is 18.2 Å². The first-order chi connectivity index (χ1) is 9.18. The highest BCUT2D eigenvalue weighted by molar-refractivity contribution is 5.43. The van der Waals surface area contributed by atoms with E-state index in [1.807, 2.05) is 6.92 Å². The molecular weight excluding hydrogens is 238 g/mol. The molecule has 0 fully saturated rings. The van der Waals surface area contributed by atoms with Crippen molar-refractivity contribution >= 4 is 0 Å². The van der Waals surface area contributed by atoms with Crippen LogP contribution in [0, 0.1) is 6.92 Å². The number of rotatable bonds is 5. The molecule has 0 bridgehead atoms. The van der Waals surface area contributed by atoms with Gasteiger partial charge in [-0.15, -0.1) is 0 Å². The third-order valence-electron chi connectivity index (χ3n) is 3.69. The van der Waals surface area contributed by atoms with E-state index in [0.29, 0.717) is 6.04 Å². The van der Waals surface area contributed by atoms with Gasteiger partial charge in [-0.25, -0.2) is 0 Å². The van der Waals surface area contributed by atoms with Crippen LogP contribution in [-0.2, 0) is 0 Å². The lowest BCUT2D eigenvalue weighted by Crippen LogP contribution is -2.23. The van der Waals surface area contributed by atoms with Gasteiger partial charge in [0.15, 0.2) is 0 Å². The van der Waals surface area contributed by atoms with E-state index in [1.165, 1.54) is 11.1 Å². The van der Waals surface area contributed by atoms with Crippen molar-refractivity contribution < 1.29 is 9.84 Å². The van der Waals surface area contributed by atoms with Crippen LogP contribution < -0.4 is 10.1 Å². The molecule has 2 atom stereocenters. The van der Waals surface area contributed by atoms with Crippen molar-refractivity contribution in [2.24, 2.45) is 0 Å². The monoisotopic (exact) mass is 263 g/mol. The highest BCUT2D eigenvalue weighted by atomic mass is 16.5. The summed E-state index contributed by atoms with van der Waals surface area (Å²) >= 11 is 0. The molecule has 2 unspecified atom stereocenters. The number of aliphatic hydroxyl groups is 1. The van der Waals surface area contributed by atoms with E-state index in [1.54, 1.807) is 0 Å². The molecule has 3 heteroatoms. The zero-order chi connectivity index (χ0) is 13.7. The third kappa shape index (κ3) is 3.95. The Morgan fingerprint density at radius 1 is 1.47 bits per heavy atom. The zero-order valence-corrected chi connectivity index (χ0v) is 12.0. The van der Waals surface area contributed by atoms with E-state index in [0.717, 1.165) is 44.6 Å². The number of fused-ring (bicyclic) bond motifs is 1. The Bertz CT molecular complexity index is 404. The van der Waals surface area contributed by atoms with Gasteiger partial charge in [0.25, 0.3) is 0 Å². The summed E-state index contributed by atoms with van der Waals surface area (Å²) in [6.07, 6.45) is 3.87. The number of ether oxygens (including phenoxy) is 1. The lowest BCUT2D eigenvalue weighted by atomic mass is 9.99. The van der Waals surface area contributed by atoms with E-state index in [4.69, 9.17) is 4.74 Å². The molecule has 2 N–H and O–H groups in total. The summed E-state index contributed by atoms with van der Waals surface area (Å²) in [5.41, 5.74) is 2.50. The van der Waals surface area contributed by atoms with Crippen LogP contribution in [-0.4, -0.2) is 24.4 Å². The molecule has 0 aliphatic carbocycles. The quantitative estimate of drug-likeness (QED) is 0.803. The lowest BCUT2D eigenvalue weighted by molar-refractivity contribution is 0.181. The second kappa shape index (κ2) is 6.92. The highest BCUT2D eigenvalue weighted by Gasteiger charge is 2.20. The van der Waals surface area contributed by atoms with Gasteiger partial charge in [0.05, 0.1) is 12.7 Å². The van der Waals surface area contributed by atoms with Crippen LogP contribution in [0.25, 0.3) is 0 Å². The molecule has 2 rings (SSSR count). The predicted molar refractivity (Wildman–Crippen MR) is 77.6 cm³/mol. The fourth-order valence-corrected chi connectivity index (χ4v) is 2.65. The maximum atomic E-state index is 9.28. The number of hydrogen-bond acceptors (Lipinski definition) is 3. The smallest absolute Gasteiger partial charge is 0.126 e. The molecule has 1 aromatic rings. The molecule has 0 saturated heterocycles. The predicted octanol–water partition coefficient (Wildman–Crippen LogP) is 2.96. The molecular formula is C16H25NO2. The Hall–Kier alpha value is -1.06. The van der Waals surface area contributed by atoms with Crippen molar-refractivity contribution in [1.29, 1.82) is 0 Å². The van der Waals surface area contributed by atoms with Crippen molar-refractivity contribution in [3.8, 4) is 5.75 Å². The molecule has 1 aliphatic heterocycles. The molecule has 3 nitrogen and oxygen atoms in total. The van der Waals surface area contributed by atoms with Gasteiger partial charge >= 0.3 is 0 Å². The van der Waals surface area contributed by atoms with Crippen LogP contribution in [0.15, 0.2) is 18.2 Å². The van der Waals surface area contributed by atoms with E-state index < -0.39 is 0 Å². The van der Waals surface area contributed by atoms with Gasteiger partial charge < -0.3 is 15.2 Å². The SMILES string of the molecule is Cc1cccc2c1OCCCC2NCCCC(C)O. The van der Waals surface area contributed by atoms with Gasteiger partial charge in [-0.2, -0.15) is 0 Å². The fraction of sp³-hybridized carbons (Fsp3) is 0.625. The first-order valence-corrected chi connectivity index (χ1v) is 7.32. The van der Waals surface area contributed by atoms with Crippen molar-refractivity contribution in [2.45, 2.75) is 51.7 Å². The third-order valence-corrected chi connectivity index (χ3v) is 3.69. The van der Waals surface area contributed by atoms with Gasteiger partial charge in [0, 0.05) is 11.6 Å². The standard InChI is InChI=1S/C16H25NO2/c1-12-6-3-8-14-15(9-5-11-19-16(12)14)17-10-4-7-13(2)18/h3,6,8,13,15,17-18H,4-5,7,9-11H2,1-2H3. The largest absolute Gasteiger partial charge is 0.493 e. The Morgan fingerprint density at radius 2 is 2.32 bits per heavy atom. The second-order valence-corrected chi connectivity index (χ2v) is 5.48.